The van der Waals surface area contributed by atoms with Crippen LogP contribution in [0.3, 0.4) is 0 Å². The van der Waals surface area contributed by atoms with E-state index in [1.807, 2.05) is 13.8 Å². The number of benzene rings is 1. The van der Waals surface area contributed by atoms with Crippen molar-refractivity contribution in [2.75, 3.05) is 0 Å². The molecule has 0 spiro atoms. The first-order valence-corrected chi connectivity index (χ1v) is 8.70. The average molecular weight is 307 g/mol. The molecule has 1 aromatic carbocycles. The van der Waals surface area contributed by atoms with Crippen LogP contribution < -0.4 is 4.72 Å². The Kier molecular flexibility index (Phi) is 6.37. The van der Waals surface area contributed by atoms with Crippen LogP contribution in [0.4, 0.5) is 0 Å². The molecule has 1 N–H and O–H groups in total. The van der Waals surface area contributed by atoms with E-state index in [9.17, 15) is 8.42 Å². The Balaban J connectivity index is 3.12. The van der Waals surface area contributed by atoms with Gasteiger partial charge in [-0.3, -0.25) is 0 Å². The fourth-order valence-corrected chi connectivity index (χ4v) is 3.97. The molecule has 116 valence electrons. The quantitative estimate of drug-likeness (QED) is 0.702. The third-order valence-corrected chi connectivity index (χ3v) is 5.08. The zero-order valence-electron chi connectivity index (χ0n) is 12.9. The molecule has 3 nitrogen and oxygen atoms in total. The van der Waals surface area contributed by atoms with Crippen LogP contribution in [0.2, 0.25) is 0 Å². The van der Waals surface area contributed by atoms with E-state index in [2.05, 4.69) is 17.9 Å². The van der Waals surface area contributed by atoms with Gasteiger partial charge in [0.25, 0.3) is 0 Å². The Morgan fingerprint density at radius 1 is 1.14 bits per heavy atom. The summed E-state index contributed by atoms with van der Waals surface area (Å²) in [5.74, 6) is 0. The minimum atomic E-state index is -3.55. The SMILES string of the molecule is C=CCC(CC=C)(CCC)NS(=O)(=O)c1ccc(C)cc1. The van der Waals surface area contributed by atoms with E-state index in [-0.39, 0.29) is 0 Å². The van der Waals surface area contributed by atoms with Gasteiger partial charge in [0.1, 0.15) is 0 Å². The molecule has 0 bridgehead atoms. The summed E-state index contributed by atoms with van der Waals surface area (Å²) < 4.78 is 28.1. The molecule has 21 heavy (non-hydrogen) atoms. The van der Waals surface area contributed by atoms with Gasteiger partial charge in [-0.1, -0.05) is 43.2 Å². The van der Waals surface area contributed by atoms with Crippen molar-refractivity contribution in [2.45, 2.75) is 50.0 Å². The van der Waals surface area contributed by atoms with Gasteiger partial charge >= 0.3 is 0 Å². The highest BCUT2D eigenvalue weighted by atomic mass is 32.2. The summed E-state index contributed by atoms with van der Waals surface area (Å²) in [5.41, 5.74) is 0.494. The van der Waals surface area contributed by atoms with Gasteiger partial charge in [0.2, 0.25) is 10.0 Å². The van der Waals surface area contributed by atoms with E-state index in [0.717, 1.165) is 18.4 Å². The molecule has 0 radical (unpaired) electrons. The lowest BCUT2D eigenvalue weighted by molar-refractivity contribution is 0.355. The van der Waals surface area contributed by atoms with Crippen LogP contribution in [-0.2, 0) is 10.0 Å². The molecule has 1 rings (SSSR count). The highest BCUT2D eigenvalue weighted by Gasteiger charge is 2.32. The van der Waals surface area contributed by atoms with Gasteiger partial charge in [0, 0.05) is 5.54 Å². The molecule has 0 aliphatic rings. The van der Waals surface area contributed by atoms with E-state index in [0.29, 0.717) is 17.7 Å². The minimum Gasteiger partial charge on any atom is -0.207 e. The van der Waals surface area contributed by atoms with Crippen LogP contribution >= 0.6 is 0 Å². The topological polar surface area (TPSA) is 46.2 Å². The van der Waals surface area contributed by atoms with Crippen molar-refractivity contribution >= 4 is 10.0 Å². The molecule has 0 saturated carbocycles. The number of hydrogen-bond acceptors (Lipinski definition) is 2. The molecule has 0 atom stereocenters. The van der Waals surface area contributed by atoms with Crippen molar-refractivity contribution in [3.05, 3.63) is 55.1 Å². The molecule has 0 fully saturated rings. The summed E-state index contributed by atoms with van der Waals surface area (Å²) in [4.78, 5) is 0.293. The number of aryl methyl sites for hydroxylation is 1. The van der Waals surface area contributed by atoms with Crippen molar-refractivity contribution in [2.24, 2.45) is 0 Å². The summed E-state index contributed by atoms with van der Waals surface area (Å²) >= 11 is 0. The predicted octanol–water partition coefficient (Wildman–Crippen LogP) is 3.96. The standard InChI is InChI=1S/C17H25NO2S/c1-5-12-17(13-6-2,14-7-3)18-21(19,20)16-10-8-15(4)9-11-16/h5-6,8-11,18H,1-2,7,12-14H2,3-4H3. The van der Waals surface area contributed by atoms with E-state index >= 15 is 0 Å². The third-order valence-electron chi connectivity index (χ3n) is 3.48. The summed E-state index contributed by atoms with van der Waals surface area (Å²) in [6.45, 7) is 11.5. The van der Waals surface area contributed by atoms with E-state index in [1.54, 1.807) is 36.4 Å². The van der Waals surface area contributed by atoms with Crippen molar-refractivity contribution < 1.29 is 8.42 Å². The fraction of sp³-hybridized carbons (Fsp3) is 0.412. The number of sulfonamides is 1. The molecule has 4 heteroatoms. The lowest BCUT2D eigenvalue weighted by Gasteiger charge is -2.32. The summed E-state index contributed by atoms with van der Waals surface area (Å²) in [6, 6.07) is 6.88. The first-order valence-electron chi connectivity index (χ1n) is 7.21. The smallest absolute Gasteiger partial charge is 0.207 e. The highest BCUT2D eigenvalue weighted by molar-refractivity contribution is 7.89. The highest BCUT2D eigenvalue weighted by Crippen LogP contribution is 2.26. The van der Waals surface area contributed by atoms with Crippen LogP contribution in [0, 0.1) is 6.92 Å². The van der Waals surface area contributed by atoms with Gasteiger partial charge in [-0.2, -0.15) is 0 Å². The molecular formula is C17H25NO2S. The van der Waals surface area contributed by atoms with E-state index < -0.39 is 15.6 Å². The Bertz CT molecular complexity index is 563. The van der Waals surface area contributed by atoms with Gasteiger partial charge in [-0.15, -0.1) is 13.2 Å². The zero-order chi connectivity index (χ0) is 15.9. The molecule has 0 aromatic heterocycles. The Hall–Kier alpha value is -1.39. The maximum atomic E-state index is 12.6. The average Bonchev–Trinajstić information content (AvgIpc) is 2.39. The summed E-state index contributed by atoms with van der Waals surface area (Å²) in [7, 11) is -3.55. The Labute approximate surface area is 128 Å². The molecule has 0 unspecified atom stereocenters. The normalized spacial score (nSPS) is 12.1. The van der Waals surface area contributed by atoms with Crippen molar-refractivity contribution in [3.63, 3.8) is 0 Å². The van der Waals surface area contributed by atoms with Gasteiger partial charge in [-0.25, -0.2) is 13.1 Å². The van der Waals surface area contributed by atoms with Crippen LogP contribution in [0.15, 0.2) is 54.5 Å². The van der Waals surface area contributed by atoms with Gasteiger partial charge in [0.05, 0.1) is 4.90 Å². The van der Waals surface area contributed by atoms with Crippen LogP contribution in [0.5, 0.6) is 0 Å². The molecule has 1 aromatic rings. The number of rotatable bonds is 9. The lowest BCUT2D eigenvalue weighted by Crippen LogP contribution is -2.47. The molecule has 0 saturated heterocycles. The second-order valence-electron chi connectivity index (χ2n) is 5.43. The van der Waals surface area contributed by atoms with Gasteiger partial charge < -0.3 is 0 Å². The van der Waals surface area contributed by atoms with Crippen LogP contribution in [-0.4, -0.2) is 14.0 Å². The van der Waals surface area contributed by atoms with Crippen molar-refractivity contribution in [3.8, 4) is 0 Å². The fourth-order valence-electron chi connectivity index (χ4n) is 2.51. The monoisotopic (exact) mass is 307 g/mol. The first-order chi connectivity index (χ1) is 9.89. The Morgan fingerprint density at radius 2 is 1.67 bits per heavy atom. The van der Waals surface area contributed by atoms with E-state index in [1.165, 1.54) is 0 Å². The van der Waals surface area contributed by atoms with Gasteiger partial charge in [-0.05, 0) is 38.3 Å². The van der Waals surface area contributed by atoms with Crippen molar-refractivity contribution in [1.82, 2.24) is 4.72 Å². The Morgan fingerprint density at radius 3 is 2.10 bits per heavy atom. The van der Waals surface area contributed by atoms with Crippen LogP contribution in [0.1, 0.15) is 38.2 Å². The minimum absolute atomic E-state index is 0.293. The molecular weight excluding hydrogens is 282 g/mol. The largest absolute Gasteiger partial charge is 0.241 e. The van der Waals surface area contributed by atoms with Gasteiger partial charge in [0.15, 0.2) is 0 Å². The van der Waals surface area contributed by atoms with Crippen LogP contribution in [0.25, 0.3) is 0 Å². The third kappa shape index (κ3) is 4.83. The first kappa shape index (κ1) is 17.7. The maximum absolute atomic E-state index is 12.6. The maximum Gasteiger partial charge on any atom is 0.241 e. The van der Waals surface area contributed by atoms with Crippen molar-refractivity contribution in [1.29, 1.82) is 0 Å². The lowest BCUT2D eigenvalue weighted by atomic mass is 9.88. The molecule has 0 heterocycles. The summed E-state index contributed by atoms with van der Waals surface area (Å²) in [5, 5.41) is 0. The summed E-state index contributed by atoms with van der Waals surface area (Å²) in [6.07, 6.45) is 6.32. The zero-order valence-corrected chi connectivity index (χ0v) is 13.7. The second kappa shape index (κ2) is 7.57. The number of nitrogens with one attached hydrogen (secondary N) is 1. The predicted molar refractivity (Wildman–Crippen MR) is 88.8 cm³/mol. The second-order valence-corrected chi connectivity index (χ2v) is 7.12. The van der Waals surface area contributed by atoms with E-state index in [4.69, 9.17) is 0 Å². The number of hydrogen-bond donors (Lipinski definition) is 1. The molecule has 0 amide bonds. The molecule has 0 aliphatic carbocycles. The molecule has 0 aliphatic heterocycles.